The Hall–Kier alpha value is -1.91. The van der Waals surface area contributed by atoms with Crippen molar-refractivity contribution >= 4 is 23.8 Å². The van der Waals surface area contributed by atoms with E-state index in [2.05, 4.69) is 22.3 Å². The fraction of sp³-hybridized carbons (Fsp3) is 0.125. The first-order valence-electron chi connectivity index (χ1n) is 6.69. The van der Waals surface area contributed by atoms with Crippen molar-refractivity contribution in [3.05, 3.63) is 70.0 Å². The van der Waals surface area contributed by atoms with E-state index >= 15 is 0 Å². The Balaban J connectivity index is 1.87. The summed E-state index contributed by atoms with van der Waals surface area (Å²) >= 11 is 11.3. The maximum Gasteiger partial charge on any atom is 0.195 e. The number of nitrogens with zero attached hydrogens (tertiary/aromatic N) is 2. The summed E-state index contributed by atoms with van der Waals surface area (Å²) in [5.74, 6) is 0.840. The summed E-state index contributed by atoms with van der Waals surface area (Å²) in [4.78, 5) is 0. The van der Waals surface area contributed by atoms with E-state index in [9.17, 15) is 0 Å². The minimum Gasteiger partial charge on any atom is -0.300 e. The molecule has 3 aromatic rings. The molecule has 0 radical (unpaired) electrons. The highest BCUT2D eigenvalue weighted by Gasteiger charge is 2.08. The van der Waals surface area contributed by atoms with E-state index in [1.165, 1.54) is 5.56 Å². The molecule has 0 aliphatic heterocycles. The summed E-state index contributed by atoms with van der Waals surface area (Å²) in [7, 11) is 0. The first kappa shape index (κ1) is 14.0. The Kier molecular flexibility index (Phi) is 4.18. The van der Waals surface area contributed by atoms with E-state index in [0.717, 1.165) is 24.4 Å². The largest absolute Gasteiger partial charge is 0.300 e. The second-order valence-corrected chi connectivity index (χ2v) is 5.57. The first-order valence-corrected chi connectivity index (χ1v) is 7.48. The molecule has 106 valence electrons. The normalized spacial score (nSPS) is 10.7. The van der Waals surface area contributed by atoms with Gasteiger partial charge in [0.25, 0.3) is 0 Å². The molecule has 0 spiro atoms. The number of hydrogen-bond acceptors (Lipinski definition) is 2. The maximum atomic E-state index is 5.93. The Morgan fingerprint density at radius 1 is 1.05 bits per heavy atom. The van der Waals surface area contributed by atoms with Gasteiger partial charge in [0.2, 0.25) is 0 Å². The monoisotopic (exact) mass is 315 g/mol. The van der Waals surface area contributed by atoms with Gasteiger partial charge in [0.15, 0.2) is 10.6 Å². The lowest BCUT2D eigenvalue weighted by molar-refractivity contribution is 0.692. The maximum absolute atomic E-state index is 5.93. The lowest BCUT2D eigenvalue weighted by Gasteiger charge is -2.07. The molecule has 0 saturated carbocycles. The van der Waals surface area contributed by atoms with Gasteiger partial charge in [-0.3, -0.25) is 9.67 Å². The van der Waals surface area contributed by atoms with Gasteiger partial charge in [0.05, 0.1) is 0 Å². The SMILES string of the molecule is S=c1[nH]nc(-c2ccc(Cl)cc2)n1CCc1ccccc1. The smallest absolute Gasteiger partial charge is 0.195 e. The molecule has 0 fully saturated rings. The van der Waals surface area contributed by atoms with Crippen molar-refractivity contribution in [1.29, 1.82) is 0 Å². The van der Waals surface area contributed by atoms with Crippen molar-refractivity contribution in [2.75, 3.05) is 0 Å². The van der Waals surface area contributed by atoms with Crippen LogP contribution in [0.5, 0.6) is 0 Å². The van der Waals surface area contributed by atoms with Gasteiger partial charge in [-0.25, -0.2) is 0 Å². The number of benzene rings is 2. The third-order valence-corrected chi connectivity index (χ3v) is 3.89. The van der Waals surface area contributed by atoms with E-state index < -0.39 is 0 Å². The van der Waals surface area contributed by atoms with Crippen molar-refractivity contribution in [3.63, 3.8) is 0 Å². The van der Waals surface area contributed by atoms with Gasteiger partial charge < -0.3 is 0 Å². The third-order valence-electron chi connectivity index (χ3n) is 3.33. The number of aromatic nitrogens is 3. The van der Waals surface area contributed by atoms with Crippen molar-refractivity contribution in [2.45, 2.75) is 13.0 Å². The van der Waals surface area contributed by atoms with E-state index in [4.69, 9.17) is 23.8 Å². The topological polar surface area (TPSA) is 33.6 Å². The predicted octanol–water partition coefficient (Wildman–Crippen LogP) is 4.50. The van der Waals surface area contributed by atoms with Crippen LogP contribution < -0.4 is 0 Å². The van der Waals surface area contributed by atoms with Crippen LogP contribution >= 0.6 is 23.8 Å². The average Bonchev–Trinajstić information content (AvgIpc) is 2.88. The van der Waals surface area contributed by atoms with Crippen LogP contribution in [0.1, 0.15) is 5.56 Å². The second kappa shape index (κ2) is 6.24. The minimum absolute atomic E-state index is 0.635. The Morgan fingerprint density at radius 2 is 1.76 bits per heavy atom. The van der Waals surface area contributed by atoms with Crippen LogP contribution in [0.3, 0.4) is 0 Å². The lowest BCUT2D eigenvalue weighted by Crippen LogP contribution is -2.03. The number of halogens is 1. The van der Waals surface area contributed by atoms with E-state index in [-0.39, 0.29) is 0 Å². The fourth-order valence-electron chi connectivity index (χ4n) is 2.23. The minimum atomic E-state index is 0.635. The number of H-pyrrole nitrogens is 1. The molecule has 0 aliphatic carbocycles. The molecule has 0 unspecified atom stereocenters. The molecule has 1 N–H and O–H groups in total. The van der Waals surface area contributed by atoms with Gasteiger partial charge in [0, 0.05) is 17.1 Å². The van der Waals surface area contributed by atoms with Crippen molar-refractivity contribution in [2.24, 2.45) is 0 Å². The summed E-state index contributed by atoms with van der Waals surface area (Å²) in [6.07, 6.45) is 0.912. The molecule has 1 aromatic heterocycles. The zero-order chi connectivity index (χ0) is 14.7. The van der Waals surface area contributed by atoms with Crippen LogP contribution in [0, 0.1) is 4.77 Å². The molecule has 3 rings (SSSR count). The van der Waals surface area contributed by atoms with Crippen LogP contribution in [0.2, 0.25) is 5.02 Å². The molecule has 0 saturated heterocycles. The van der Waals surface area contributed by atoms with Gasteiger partial charge in [-0.15, -0.1) is 0 Å². The highest BCUT2D eigenvalue weighted by Crippen LogP contribution is 2.20. The van der Waals surface area contributed by atoms with Crippen molar-refractivity contribution < 1.29 is 0 Å². The van der Waals surface area contributed by atoms with E-state index in [1.54, 1.807) is 0 Å². The lowest BCUT2D eigenvalue weighted by atomic mass is 10.1. The number of hydrogen-bond donors (Lipinski definition) is 1. The van der Waals surface area contributed by atoms with Crippen LogP contribution in [-0.4, -0.2) is 14.8 Å². The zero-order valence-corrected chi connectivity index (χ0v) is 12.9. The van der Waals surface area contributed by atoms with Crippen LogP contribution in [0.15, 0.2) is 54.6 Å². The quantitative estimate of drug-likeness (QED) is 0.719. The highest BCUT2D eigenvalue weighted by molar-refractivity contribution is 7.71. The van der Waals surface area contributed by atoms with Crippen LogP contribution in [-0.2, 0) is 13.0 Å². The molecule has 0 bridgehead atoms. The summed E-state index contributed by atoms with van der Waals surface area (Å²) in [6, 6.07) is 18.0. The standard InChI is InChI=1S/C16H14ClN3S/c17-14-8-6-13(7-9-14)15-18-19-16(21)20(15)11-10-12-4-2-1-3-5-12/h1-9H,10-11H2,(H,19,21). The number of aryl methyl sites for hydroxylation is 1. The number of aromatic amines is 1. The second-order valence-electron chi connectivity index (χ2n) is 4.75. The van der Waals surface area contributed by atoms with Crippen LogP contribution in [0.4, 0.5) is 0 Å². The number of rotatable bonds is 4. The molecule has 2 aromatic carbocycles. The summed E-state index contributed by atoms with van der Waals surface area (Å²) < 4.78 is 2.65. The Morgan fingerprint density at radius 3 is 2.48 bits per heavy atom. The number of nitrogens with one attached hydrogen (secondary N) is 1. The van der Waals surface area contributed by atoms with Crippen LogP contribution in [0.25, 0.3) is 11.4 Å². The van der Waals surface area contributed by atoms with Gasteiger partial charge in [-0.1, -0.05) is 41.9 Å². The summed E-state index contributed by atoms with van der Waals surface area (Å²) in [5.41, 5.74) is 2.28. The third kappa shape index (κ3) is 3.23. The highest BCUT2D eigenvalue weighted by atomic mass is 35.5. The van der Waals surface area contributed by atoms with Gasteiger partial charge in [0.1, 0.15) is 0 Å². The first-order chi connectivity index (χ1) is 10.2. The van der Waals surface area contributed by atoms with E-state index in [0.29, 0.717) is 9.79 Å². The fourth-order valence-corrected chi connectivity index (χ4v) is 2.58. The average molecular weight is 316 g/mol. The van der Waals surface area contributed by atoms with Crippen molar-refractivity contribution in [1.82, 2.24) is 14.8 Å². The summed E-state index contributed by atoms with van der Waals surface area (Å²) in [5, 5.41) is 7.91. The molecule has 5 heteroatoms. The van der Waals surface area contributed by atoms with Crippen molar-refractivity contribution in [3.8, 4) is 11.4 Å². The zero-order valence-electron chi connectivity index (χ0n) is 11.3. The molecule has 0 aliphatic rings. The van der Waals surface area contributed by atoms with Gasteiger partial charge in [-0.2, -0.15) is 5.10 Å². The molecule has 21 heavy (non-hydrogen) atoms. The van der Waals surface area contributed by atoms with Gasteiger partial charge >= 0.3 is 0 Å². The predicted molar refractivity (Wildman–Crippen MR) is 88.0 cm³/mol. The molecular formula is C16H14ClN3S. The molecule has 0 amide bonds. The molecule has 0 atom stereocenters. The molecule has 1 heterocycles. The van der Waals surface area contributed by atoms with E-state index in [1.807, 2.05) is 47.0 Å². The van der Waals surface area contributed by atoms with Gasteiger partial charge in [-0.05, 0) is 48.5 Å². The molecular weight excluding hydrogens is 302 g/mol. The summed E-state index contributed by atoms with van der Waals surface area (Å²) in [6.45, 7) is 0.789. The Bertz CT molecular complexity index is 775. The molecule has 3 nitrogen and oxygen atoms in total. The Labute approximate surface area is 133 Å².